The van der Waals surface area contributed by atoms with Crippen LogP contribution in [0.4, 0.5) is 0 Å². The van der Waals surface area contributed by atoms with Crippen molar-refractivity contribution in [2.75, 3.05) is 25.5 Å². The van der Waals surface area contributed by atoms with E-state index in [0.29, 0.717) is 11.3 Å². The summed E-state index contributed by atoms with van der Waals surface area (Å²) in [6.45, 7) is 5.45. The maximum absolute atomic E-state index is 6.37. The fraction of sp³-hybridized carbons (Fsp3) is 1.00. The van der Waals surface area contributed by atoms with Gasteiger partial charge in [0, 0.05) is 25.5 Å². The van der Waals surface area contributed by atoms with Gasteiger partial charge in [-0.2, -0.15) is 0 Å². The predicted molar refractivity (Wildman–Crippen MR) is 60.8 cm³/mol. The Balaban J connectivity index is 2.01. The van der Waals surface area contributed by atoms with Gasteiger partial charge in [-0.05, 0) is 31.6 Å². The van der Waals surface area contributed by atoms with Gasteiger partial charge in [0.15, 0.2) is 0 Å². The largest absolute Gasteiger partial charge is 0.255 e. The van der Waals surface area contributed by atoms with Gasteiger partial charge in [-0.1, -0.05) is 0 Å². The predicted octanol–water partition coefficient (Wildman–Crippen LogP) is 2.21. The van der Waals surface area contributed by atoms with E-state index in [0.717, 1.165) is 26.1 Å². The van der Waals surface area contributed by atoms with E-state index in [1.54, 1.807) is 0 Å². The van der Waals surface area contributed by atoms with E-state index in [4.69, 9.17) is 23.2 Å². The third-order valence-electron chi connectivity index (χ3n) is 3.52. The third kappa shape index (κ3) is 2.19. The van der Waals surface area contributed by atoms with Crippen LogP contribution in [0, 0.1) is 5.41 Å². The SMILES string of the molecule is CC(Cl)(CCl)CC12CCN(CC1)NC2. The maximum atomic E-state index is 6.37. The molecule has 1 N–H and O–H groups in total. The number of halogens is 2. The maximum Gasteiger partial charge on any atom is 0.0559 e. The van der Waals surface area contributed by atoms with E-state index in [1.165, 1.54) is 12.8 Å². The second-order valence-corrected chi connectivity index (χ2v) is 6.23. The van der Waals surface area contributed by atoms with Gasteiger partial charge in [0.25, 0.3) is 0 Å². The zero-order chi connectivity index (χ0) is 10.2. The van der Waals surface area contributed by atoms with Gasteiger partial charge in [0.05, 0.1) is 4.87 Å². The molecule has 2 bridgehead atoms. The highest BCUT2D eigenvalue weighted by atomic mass is 35.5. The third-order valence-corrected chi connectivity index (χ3v) is 4.52. The number of rotatable bonds is 3. The van der Waals surface area contributed by atoms with Crippen molar-refractivity contribution in [3.8, 4) is 0 Å². The number of alkyl halides is 2. The molecule has 3 aliphatic heterocycles. The average Bonchev–Trinajstić information content (AvgIpc) is 2.19. The Labute approximate surface area is 95.9 Å². The highest BCUT2D eigenvalue weighted by Gasteiger charge is 2.43. The van der Waals surface area contributed by atoms with Gasteiger partial charge in [-0.15, -0.1) is 23.2 Å². The van der Waals surface area contributed by atoms with Gasteiger partial charge in [0.1, 0.15) is 0 Å². The lowest BCUT2D eigenvalue weighted by molar-refractivity contribution is -0.0201. The van der Waals surface area contributed by atoms with Crippen molar-refractivity contribution >= 4 is 23.2 Å². The van der Waals surface area contributed by atoms with Crippen molar-refractivity contribution in [1.82, 2.24) is 10.4 Å². The molecule has 3 heterocycles. The van der Waals surface area contributed by atoms with Crippen LogP contribution in [0.15, 0.2) is 0 Å². The molecule has 14 heavy (non-hydrogen) atoms. The topological polar surface area (TPSA) is 15.3 Å². The van der Waals surface area contributed by atoms with Crippen molar-refractivity contribution in [3.05, 3.63) is 0 Å². The van der Waals surface area contributed by atoms with Crippen LogP contribution in [0.5, 0.6) is 0 Å². The number of hydrazine groups is 1. The Bertz CT molecular complexity index is 196. The minimum atomic E-state index is -0.233. The summed E-state index contributed by atoms with van der Waals surface area (Å²) in [5.74, 6) is 0.542. The molecule has 1 atom stereocenters. The van der Waals surface area contributed by atoms with Crippen LogP contribution < -0.4 is 5.43 Å². The number of fused-ring (bicyclic) bond motifs is 3. The van der Waals surface area contributed by atoms with Gasteiger partial charge in [0.2, 0.25) is 0 Å². The molecule has 3 saturated heterocycles. The number of hydrogen-bond donors (Lipinski definition) is 1. The van der Waals surface area contributed by atoms with Gasteiger partial charge < -0.3 is 0 Å². The Morgan fingerprint density at radius 2 is 2.07 bits per heavy atom. The van der Waals surface area contributed by atoms with Crippen molar-refractivity contribution in [1.29, 1.82) is 0 Å². The Kier molecular flexibility index (Phi) is 3.00. The first-order chi connectivity index (χ1) is 6.55. The fourth-order valence-corrected chi connectivity index (χ4v) is 3.04. The van der Waals surface area contributed by atoms with Crippen LogP contribution >= 0.6 is 23.2 Å². The highest BCUT2D eigenvalue weighted by molar-refractivity contribution is 6.30. The summed E-state index contributed by atoms with van der Waals surface area (Å²) in [5, 5.41) is 2.31. The molecule has 0 amide bonds. The molecule has 4 heteroatoms. The number of piperidine rings is 1. The van der Waals surface area contributed by atoms with Crippen LogP contribution in [-0.2, 0) is 0 Å². The molecular weight excluding hydrogens is 219 g/mol. The summed E-state index contributed by atoms with van der Waals surface area (Å²) >= 11 is 12.2. The summed E-state index contributed by atoms with van der Waals surface area (Å²) in [6.07, 6.45) is 3.56. The molecule has 0 saturated carbocycles. The number of nitrogens with one attached hydrogen (secondary N) is 1. The lowest BCUT2D eigenvalue weighted by Gasteiger charge is -2.50. The molecule has 3 fully saturated rings. The van der Waals surface area contributed by atoms with E-state index in [2.05, 4.69) is 17.4 Å². The summed E-state index contributed by atoms with van der Waals surface area (Å²) in [4.78, 5) is -0.233. The second kappa shape index (κ2) is 3.82. The van der Waals surface area contributed by atoms with E-state index in [1.807, 2.05) is 0 Å². The first kappa shape index (κ1) is 11.0. The fourth-order valence-electron chi connectivity index (χ4n) is 2.66. The summed E-state index contributed by atoms with van der Waals surface area (Å²) < 4.78 is 0. The lowest BCUT2D eigenvalue weighted by Crippen LogP contribution is -2.59. The van der Waals surface area contributed by atoms with Gasteiger partial charge >= 0.3 is 0 Å². The van der Waals surface area contributed by atoms with Crippen LogP contribution in [-0.4, -0.2) is 35.4 Å². The van der Waals surface area contributed by atoms with Crippen molar-refractivity contribution in [3.63, 3.8) is 0 Å². The summed E-state index contributed by atoms with van der Waals surface area (Å²) in [7, 11) is 0. The summed E-state index contributed by atoms with van der Waals surface area (Å²) in [5.41, 5.74) is 3.84. The van der Waals surface area contributed by atoms with Gasteiger partial charge in [-0.3, -0.25) is 5.43 Å². The first-order valence-corrected chi connectivity index (χ1v) is 6.20. The zero-order valence-corrected chi connectivity index (χ0v) is 10.2. The van der Waals surface area contributed by atoms with Crippen LogP contribution in [0.25, 0.3) is 0 Å². The van der Waals surface area contributed by atoms with Crippen molar-refractivity contribution < 1.29 is 0 Å². The quantitative estimate of drug-likeness (QED) is 0.757. The number of hydrogen-bond acceptors (Lipinski definition) is 2. The molecule has 0 aromatic heterocycles. The second-order valence-electron chi connectivity index (χ2n) is 5.05. The molecule has 82 valence electrons. The van der Waals surface area contributed by atoms with E-state index >= 15 is 0 Å². The average molecular weight is 237 g/mol. The normalized spacial score (nSPS) is 40.9. The minimum Gasteiger partial charge on any atom is -0.255 e. The Morgan fingerprint density at radius 1 is 1.43 bits per heavy atom. The molecule has 3 rings (SSSR count). The molecule has 0 spiro atoms. The van der Waals surface area contributed by atoms with E-state index < -0.39 is 0 Å². The molecule has 2 nitrogen and oxygen atoms in total. The molecule has 0 aromatic rings. The van der Waals surface area contributed by atoms with Gasteiger partial charge in [-0.25, -0.2) is 5.01 Å². The Morgan fingerprint density at radius 3 is 2.50 bits per heavy atom. The van der Waals surface area contributed by atoms with Crippen molar-refractivity contribution in [2.24, 2.45) is 5.41 Å². The number of nitrogens with zero attached hydrogens (tertiary/aromatic N) is 1. The molecule has 0 aliphatic carbocycles. The highest BCUT2D eigenvalue weighted by Crippen LogP contribution is 2.43. The van der Waals surface area contributed by atoms with Crippen LogP contribution in [0.2, 0.25) is 0 Å². The van der Waals surface area contributed by atoms with E-state index in [-0.39, 0.29) is 4.87 Å². The standard InChI is InChI=1S/C10H18Cl2N2/c1-9(12,7-11)6-10-2-4-14(5-3-10)13-8-10/h13H,2-8H2,1H3. The minimum absolute atomic E-state index is 0.233. The molecular formula is C10H18Cl2N2. The van der Waals surface area contributed by atoms with Crippen molar-refractivity contribution in [2.45, 2.75) is 31.1 Å². The molecule has 0 aromatic carbocycles. The molecule has 0 radical (unpaired) electrons. The van der Waals surface area contributed by atoms with Crippen LogP contribution in [0.3, 0.4) is 0 Å². The molecule has 3 aliphatic rings. The van der Waals surface area contributed by atoms with E-state index in [9.17, 15) is 0 Å². The zero-order valence-electron chi connectivity index (χ0n) is 8.65. The monoisotopic (exact) mass is 236 g/mol. The molecule has 1 unspecified atom stereocenters. The lowest BCUT2D eigenvalue weighted by atomic mass is 9.71. The smallest absolute Gasteiger partial charge is 0.0559 e. The summed E-state index contributed by atoms with van der Waals surface area (Å²) in [6, 6.07) is 0. The van der Waals surface area contributed by atoms with Crippen LogP contribution in [0.1, 0.15) is 26.2 Å². The Hall–Kier alpha value is 0.500. The first-order valence-electron chi connectivity index (χ1n) is 5.29.